The number of fused-ring (bicyclic) bond motifs is 1. The van der Waals surface area contributed by atoms with Gasteiger partial charge in [-0.25, -0.2) is 0 Å². The second-order valence-corrected chi connectivity index (χ2v) is 8.12. The highest BCUT2D eigenvalue weighted by Crippen LogP contribution is 2.34. The highest BCUT2D eigenvalue weighted by molar-refractivity contribution is 6.42. The maximum atomic E-state index is 13.5. The van der Waals surface area contributed by atoms with Crippen LogP contribution in [0.25, 0.3) is 22.3 Å². The van der Waals surface area contributed by atoms with Crippen molar-refractivity contribution in [3.05, 3.63) is 91.6 Å². The first-order chi connectivity index (χ1) is 14.9. The summed E-state index contributed by atoms with van der Waals surface area (Å²) in [6.07, 6.45) is 0. The van der Waals surface area contributed by atoms with Gasteiger partial charge in [0.1, 0.15) is 17.9 Å². The van der Waals surface area contributed by atoms with E-state index in [1.165, 1.54) is 0 Å². The summed E-state index contributed by atoms with van der Waals surface area (Å²) in [4.78, 5) is 13.5. The molecule has 0 spiro atoms. The zero-order valence-corrected chi connectivity index (χ0v) is 18.8. The Kier molecular flexibility index (Phi) is 5.94. The molecular weight excluding hydrogens is 435 g/mol. The Balaban J connectivity index is 1.86. The normalized spacial score (nSPS) is 11.0. The van der Waals surface area contributed by atoms with Gasteiger partial charge in [0, 0.05) is 5.56 Å². The van der Waals surface area contributed by atoms with Crippen molar-refractivity contribution in [1.29, 1.82) is 0 Å². The van der Waals surface area contributed by atoms with E-state index in [1.807, 2.05) is 50.2 Å². The third kappa shape index (κ3) is 4.27. The van der Waals surface area contributed by atoms with Crippen molar-refractivity contribution >= 4 is 34.2 Å². The zero-order chi connectivity index (χ0) is 22.1. The monoisotopic (exact) mass is 454 g/mol. The van der Waals surface area contributed by atoms with Gasteiger partial charge in [0.2, 0.25) is 11.2 Å². The van der Waals surface area contributed by atoms with Crippen LogP contribution in [-0.4, -0.2) is 7.11 Å². The van der Waals surface area contributed by atoms with Crippen LogP contribution in [0.5, 0.6) is 11.5 Å². The fourth-order valence-corrected chi connectivity index (χ4v) is 3.84. The Labute approximate surface area is 189 Å². The van der Waals surface area contributed by atoms with E-state index in [4.69, 9.17) is 37.1 Å². The van der Waals surface area contributed by atoms with Crippen LogP contribution < -0.4 is 14.9 Å². The molecule has 0 fully saturated rings. The van der Waals surface area contributed by atoms with Crippen LogP contribution >= 0.6 is 23.2 Å². The molecule has 0 aliphatic heterocycles. The first-order valence-corrected chi connectivity index (χ1v) is 10.4. The van der Waals surface area contributed by atoms with Crippen molar-refractivity contribution in [3.8, 4) is 22.8 Å². The van der Waals surface area contributed by atoms with E-state index in [0.717, 1.165) is 16.7 Å². The first-order valence-electron chi connectivity index (χ1n) is 9.66. The number of halogens is 2. The number of ether oxygens (including phenoxy) is 2. The van der Waals surface area contributed by atoms with Gasteiger partial charge in [0.05, 0.1) is 22.5 Å². The minimum Gasteiger partial charge on any atom is -0.497 e. The number of methoxy groups -OCH3 is 1. The maximum Gasteiger partial charge on any atom is 0.235 e. The molecule has 4 aromatic rings. The summed E-state index contributed by atoms with van der Waals surface area (Å²) in [6, 6.07) is 16.3. The summed E-state index contributed by atoms with van der Waals surface area (Å²) in [5, 5.41) is 1.39. The molecule has 158 valence electrons. The van der Waals surface area contributed by atoms with Crippen molar-refractivity contribution in [2.45, 2.75) is 20.5 Å². The summed E-state index contributed by atoms with van der Waals surface area (Å²) in [7, 11) is 1.60. The molecule has 0 aliphatic rings. The SMILES string of the molecule is COc1ccc(-c2oc3cc(C)cc(C)c3c(=O)c2OCc2ccc(Cl)c(Cl)c2)cc1. The molecule has 4 rings (SSSR count). The van der Waals surface area contributed by atoms with Gasteiger partial charge in [0.25, 0.3) is 0 Å². The van der Waals surface area contributed by atoms with Gasteiger partial charge < -0.3 is 13.9 Å². The fourth-order valence-electron chi connectivity index (χ4n) is 3.52. The van der Waals surface area contributed by atoms with Crippen LogP contribution in [0.15, 0.2) is 63.8 Å². The molecule has 0 unspecified atom stereocenters. The van der Waals surface area contributed by atoms with Crippen molar-refractivity contribution in [1.82, 2.24) is 0 Å². The van der Waals surface area contributed by atoms with Gasteiger partial charge in [-0.15, -0.1) is 0 Å². The van der Waals surface area contributed by atoms with E-state index < -0.39 is 0 Å². The third-order valence-corrected chi connectivity index (χ3v) is 5.75. The lowest BCUT2D eigenvalue weighted by Gasteiger charge is -2.14. The molecule has 0 aliphatic carbocycles. The van der Waals surface area contributed by atoms with Crippen molar-refractivity contribution in [3.63, 3.8) is 0 Å². The molecular formula is C25H20Cl2O4. The molecule has 1 aromatic heterocycles. The highest BCUT2D eigenvalue weighted by Gasteiger charge is 2.20. The molecule has 0 amide bonds. The summed E-state index contributed by atoms with van der Waals surface area (Å²) in [5.74, 6) is 1.22. The van der Waals surface area contributed by atoms with Gasteiger partial charge >= 0.3 is 0 Å². The van der Waals surface area contributed by atoms with Crippen molar-refractivity contribution in [2.75, 3.05) is 7.11 Å². The maximum absolute atomic E-state index is 13.5. The van der Waals surface area contributed by atoms with Crippen molar-refractivity contribution in [2.24, 2.45) is 0 Å². The molecule has 31 heavy (non-hydrogen) atoms. The average Bonchev–Trinajstić information content (AvgIpc) is 2.74. The Morgan fingerprint density at radius 2 is 1.68 bits per heavy atom. The molecule has 0 saturated carbocycles. The lowest BCUT2D eigenvalue weighted by Crippen LogP contribution is -2.11. The zero-order valence-electron chi connectivity index (χ0n) is 17.3. The molecule has 0 saturated heterocycles. The van der Waals surface area contributed by atoms with Crippen LogP contribution in [0.3, 0.4) is 0 Å². The minimum absolute atomic E-state index is 0.140. The van der Waals surface area contributed by atoms with E-state index in [1.54, 1.807) is 25.3 Å². The number of hydrogen-bond acceptors (Lipinski definition) is 4. The number of benzene rings is 3. The number of hydrogen-bond donors (Lipinski definition) is 0. The Bertz CT molecular complexity index is 1320. The van der Waals surface area contributed by atoms with E-state index >= 15 is 0 Å². The van der Waals surface area contributed by atoms with Crippen LogP contribution in [-0.2, 0) is 6.61 Å². The summed E-state index contributed by atoms with van der Waals surface area (Å²) in [6.45, 7) is 4.00. The molecule has 0 bridgehead atoms. The summed E-state index contributed by atoms with van der Waals surface area (Å²) < 4.78 is 17.5. The standard InChI is InChI=1S/C25H20Cl2O4/c1-14-10-15(2)22-21(11-14)31-24(17-5-7-18(29-3)8-6-17)25(23(22)28)30-13-16-4-9-19(26)20(27)12-16/h4-12H,13H2,1-3H3. The van der Waals surface area contributed by atoms with E-state index in [-0.39, 0.29) is 17.8 Å². The first kappa shape index (κ1) is 21.3. The second-order valence-electron chi connectivity index (χ2n) is 7.31. The molecule has 6 heteroatoms. The van der Waals surface area contributed by atoms with Gasteiger partial charge in [-0.3, -0.25) is 4.79 Å². The molecule has 0 atom stereocenters. The summed E-state index contributed by atoms with van der Waals surface area (Å²) in [5.41, 5.74) is 3.65. The molecule has 1 heterocycles. The van der Waals surface area contributed by atoms with Crippen molar-refractivity contribution < 1.29 is 13.9 Å². The Morgan fingerprint density at radius 3 is 2.35 bits per heavy atom. The minimum atomic E-state index is -0.218. The van der Waals surface area contributed by atoms with Gasteiger partial charge in [-0.1, -0.05) is 35.3 Å². The van der Waals surface area contributed by atoms with Crippen LogP contribution in [0.4, 0.5) is 0 Å². The molecule has 0 N–H and O–H groups in total. The number of aryl methyl sites for hydroxylation is 2. The predicted molar refractivity (Wildman–Crippen MR) is 125 cm³/mol. The van der Waals surface area contributed by atoms with Gasteiger partial charge in [-0.2, -0.15) is 0 Å². The molecule has 3 aromatic carbocycles. The fraction of sp³-hybridized carbons (Fsp3) is 0.160. The lowest BCUT2D eigenvalue weighted by atomic mass is 10.0. The van der Waals surface area contributed by atoms with E-state index in [2.05, 4.69) is 0 Å². The predicted octanol–water partition coefficient (Wildman–Crippen LogP) is 6.97. The Morgan fingerprint density at radius 1 is 0.935 bits per heavy atom. The van der Waals surface area contributed by atoms with Crippen LogP contribution in [0.1, 0.15) is 16.7 Å². The molecule has 4 nitrogen and oxygen atoms in total. The van der Waals surface area contributed by atoms with E-state index in [9.17, 15) is 4.79 Å². The number of rotatable bonds is 5. The average molecular weight is 455 g/mol. The quantitative estimate of drug-likeness (QED) is 0.326. The highest BCUT2D eigenvalue weighted by atomic mass is 35.5. The Hall–Kier alpha value is -2.95. The molecule has 0 radical (unpaired) electrons. The summed E-state index contributed by atoms with van der Waals surface area (Å²) >= 11 is 12.1. The largest absolute Gasteiger partial charge is 0.497 e. The van der Waals surface area contributed by atoms with Gasteiger partial charge in [0.15, 0.2) is 5.76 Å². The third-order valence-electron chi connectivity index (χ3n) is 5.01. The van der Waals surface area contributed by atoms with Crippen LogP contribution in [0.2, 0.25) is 10.0 Å². The smallest absolute Gasteiger partial charge is 0.235 e. The van der Waals surface area contributed by atoms with Gasteiger partial charge in [-0.05, 0) is 73.0 Å². The van der Waals surface area contributed by atoms with Crippen LogP contribution in [0, 0.1) is 13.8 Å². The topological polar surface area (TPSA) is 48.7 Å². The second kappa shape index (κ2) is 8.66. The lowest BCUT2D eigenvalue weighted by molar-refractivity contribution is 0.298. The van der Waals surface area contributed by atoms with E-state index in [0.29, 0.717) is 38.1 Å².